The molecule has 6 heteroatoms. The van der Waals surface area contributed by atoms with Gasteiger partial charge < -0.3 is 9.64 Å². The van der Waals surface area contributed by atoms with Crippen LogP contribution in [0, 0.1) is 0 Å². The molecule has 18 heavy (non-hydrogen) atoms. The lowest BCUT2D eigenvalue weighted by Crippen LogP contribution is -2.34. The second kappa shape index (κ2) is 5.91. The highest BCUT2D eigenvalue weighted by atomic mass is 35.5. The number of nitrogens with zero attached hydrogens (tertiary/aromatic N) is 3. The molecule has 2 aromatic heterocycles. The molecule has 0 aromatic carbocycles. The van der Waals surface area contributed by atoms with Gasteiger partial charge >= 0.3 is 0 Å². The summed E-state index contributed by atoms with van der Waals surface area (Å²) in [6.45, 7) is 5.82. The van der Waals surface area contributed by atoms with Crippen molar-refractivity contribution >= 4 is 33.7 Å². The van der Waals surface area contributed by atoms with Gasteiger partial charge in [-0.1, -0.05) is 0 Å². The predicted molar refractivity (Wildman–Crippen MR) is 77.0 cm³/mol. The lowest BCUT2D eigenvalue weighted by molar-refractivity contribution is 0.203. The standard InChI is InChI=1S/C12H18ClN3OS/c1-9(2)15(4-6-17-3)11-10(8-13)16-5-7-18-12(16)14-11/h5,7,9H,4,6,8H2,1-3H3. The molecule has 0 saturated heterocycles. The minimum atomic E-state index is 0.367. The normalized spacial score (nSPS) is 11.6. The number of fused-ring (bicyclic) bond motifs is 1. The third-order valence-corrected chi connectivity index (χ3v) is 3.91. The molecule has 100 valence electrons. The number of thiazole rings is 1. The summed E-state index contributed by atoms with van der Waals surface area (Å²) in [5.41, 5.74) is 1.05. The average molecular weight is 288 g/mol. The summed E-state index contributed by atoms with van der Waals surface area (Å²) < 4.78 is 7.23. The minimum Gasteiger partial charge on any atom is -0.383 e. The molecule has 0 aliphatic carbocycles. The quantitative estimate of drug-likeness (QED) is 0.765. The highest BCUT2D eigenvalue weighted by Crippen LogP contribution is 2.27. The summed E-state index contributed by atoms with van der Waals surface area (Å²) in [4.78, 5) is 7.91. The van der Waals surface area contributed by atoms with Crippen molar-refractivity contribution in [3.8, 4) is 0 Å². The molecule has 2 rings (SSSR count). The molecule has 0 fully saturated rings. The van der Waals surface area contributed by atoms with Crippen molar-refractivity contribution in [3.05, 3.63) is 17.3 Å². The highest BCUT2D eigenvalue weighted by Gasteiger charge is 2.20. The second-order valence-corrected chi connectivity index (χ2v) is 5.49. The van der Waals surface area contributed by atoms with E-state index in [1.165, 1.54) is 0 Å². The van der Waals surface area contributed by atoms with Crippen LogP contribution in [0.5, 0.6) is 0 Å². The van der Waals surface area contributed by atoms with Gasteiger partial charge in [-0.25, -0.2) is 4.98 Å². The molecule has 0 bridgehead atoms. The van der Waals surface area contributed by atoms with Gasteiger partial charge in [0.15, 0.2) is 10.8 Å². The van der Waals surface area contributed by atoms with Crippen LogP contribution in [0.3, 0.4) is 0 Å². The summed E-state index contributed by atoms with van der Waals surface area (Å²) in [6, 6.07) is 0.367. The van der Waals surface area contributed by atoms with Crippen molar-refractivity contribution in [3.63, 3.8) is 0 Å². The Labute approximate surface area is 116 Å². The van der Waals surface area contributed by atoms with Crippen molar-refractivity contribution in [1.29, 1.82) is 0 Å². The van der Waals surface area contributed by atoms with Crippen molar-refractivity contribution in [2.75, 3.05) is 25.2 Å². The van der Waals surface area contributed by atoms with Crippen LogP contribution in [-0.4, -0.2) is 35.7 Å². The van der Waals surface area contributed by atoms with Crippen LogP contribution < -0.4 is 4.90 Å². The van der Waals surface area contributed by atoms with Gasteiger partial charge in [-0.3, -0.25) is 4.40 Å². The third kappa shape index (κ3) is 2.48. The van der Waals surface area contributed by atoms with E-state index < -0.39 is 0 Å². The van der Waals surface area contributed by atoms with Gasteiger partial charge in [-0.05, 0) is 13.8 Å². The Hall–Kier alpha value is -0.780. The Balaban J connectivity index is 2.39. The Morgan fingerprint density at radius 2 is 2.33 bits per heavy atom. The van der Waals surface area contributed by atoms with Crippen LogP contribution in [0.2, 0.25) is 0 Å². The van der Waals surface area contributed by atoms with Crippen LogP contribution >= 0.6 is 22.9 Å². The third-order valence-electron chi connectivity index (χ3n) is 2.90. The van der Waals surface area contributed by atoms with Crippen molar-refractivity contribution in [2.45, 2.75) is 25.8 Å². The number of methoxy groups -OCH3 is 1. The van der Waals surface area contributed by atoms with E-state index in [9.17, 15) is 0 Å². The zero-order valence-electron chi connectivity index (χ0n) is 10.9. The smallest absolute Gasteiger partial charge is 0.195 e. The predicted octanol–water partition coefficient (Wildman–Crippen LogP) is 3.00. The van der Waals surface area contributed by atoms with Crippen LogP contribution in [0.15, 0.2) is 11.6 Å². The Morgan fingerprint density at radius 1 is 1.56 bits per heavy atom. The van der Waals surface area contributed by atoms with Gasteiger partial charge in [0.1, 0.15) is 0 Å². The van der Waals surface area contributed by atoms with E-state index in [4.69, 9.17) is 16.3 Å². The summed E-state index contributed by atoms with van der Waals surface area (Å²) >= 11 is 7.70. The zero-order valence-corrected chi connectivity index (χ0v) is 12.5. The highest BCUT2D eigenvalue weighted by molar-refractivity contribution is 7.15. The van der Waals surface area contributed by atoms with Gasteiger partial charge in [0.2, 0.25) is 0 Å². The van der Waals surface area contributed by atoms with E-state index in [1.54, 1.807) is 18.4 Å². The molecule has 0 aliphatic heterocycles. The van der Waals surface area contributed by atoms with E-state index >= 15 is 0 Å². The van der Waals surface area contributed by atoms with Crippen LogP contribution in [0.25, 0.3) is 4.96 Å². The van der Waals surface area contributed by atoms with Crippen molar-refractivity contribution in [1.82, 2.24) is 9.38 Å². The number of alkyl halides is 1. The molecule has 0 spiro atoms. The first-order valence-electron chi connectivity index (χ1n) is 5.95. The first-order valence-corrected chi connectivity index (χ1v) is 7.36. The molecular formula is C12H18ClN3OS. The van der Waals surface area contributed by atoms with Gasteiger partial charge in [-0.2, -0.15) is 0 Å². The SMILES string of the molecule is COCCN(c1nc2sccn2c1CCl)C(C)C. The topological polar surface area (TPSA) is 29.8 Å². The molecule has 0 aliphatic rings. The lowest BCUT2D eigenvalue weighted by Gasteiger charge is -2.27. The first kappa shape index (κ1) is 13.6. The van der Waals surface area contributed by atoms with Gasteiger partial charge in [0, 0.05) is 31.3 Å². The number of hydrogen-bond acceptors (Lipinski definition) is 4. The molecule has 2 aromatic rings. The van der Waals surface area contributed by atoms with E-state index in [-0.39, 0.29) is 0 Å². The minimum absolute atomic E-state index is 0.367. The number of anilines is 1. The molecular weight excluding hydrogens is 270 g/mol. The maximum atomic E-state index is 6.08. The summed E-state index contributed by atoms with van der Waals surface area (Å²) in [5.74, 6) is 1.44. The Morgan fingerprint density at radius 3 is 2.94 bits per heavy atom. The average Bonchev–Trinajstić information content (AvgIpc) is 2.89. The molecule has 0 amide bonds. The molecule has 0 radical (unpaired) electrons. The van der Waals surface area contributed by atoms with E-state index in [0.29, 0.717) is 18.5 Å². The van der Waals surface area contributed by atoms with Crippen LogP contribution in [-0.2, 0) is 10.6 Å². The monoisotopic (exact) mass is 287 g/mol. The number of aromatic nitrogens is 2. The van der Waals surface area contributed by atoms with Gasteiger partial charge in [0.05, 0.1) is 18.2 Å². The molecule has 4 nitrogen and oxygen atoms in total. The maximum absolute atomic E-state index is 6.08. The zero-order chi connectivity index (χ0) is 13.1. The van der Waals surface area contributed by atoms with E-state index in [1.807, 2.05) is 11.6 Å². The largest absolute Gasteiger partial charge is 0.383 e. The summed E-state index contributed by atoms with van der Waals surface area (Å²) in [6.07, 6.45) is 2.02. The lowest BCUT2D eigenvalue weighted by atomic mass is 10.3. The van der Waals surface area contributed by atoms with Gasteiger partial charge in [-0.15, -0.1) is 22.9 Å². The van der Waals surface area contributed by atoms with E-state index in [2.05, 4.69) is 28.1 Å². The maximum Gasteiger partial charge on any atom is 0.195 e. The molecule has 0 saturated carbocycles. The number of rotatable bonds is 6. The number of imidazole rings is 1. The fourth-order valence-corrected chi connectivity index (χ4v) is 2.95. The Kier molecular flexibility index (Phi) is 4.48. The first-order chi connectivity index (χ1) is 8.69. The van der Waals surface area contributed by atoms with E-state index in [0.717, 1.165) is 23.0 Å². The summed E-state index contributed by atoms with van der Waals surface area (Å²) in [5, 5.41) is 2.02. The van der Waals surface area contributed by atoms with Gasteiger partial charge in [0.25, 0.3) is 0 Å². The fourth-order valence-electron chi connectivity index (χ4n) is 1.97. The van der Waals surface area contributed by atoms with Crippen molar-refractivity contribution in [2.24, 2.45) is 0 Å². The number of hydrogen-bond donors (Lipinski definition) is 0. The van der Waals surface area contributed by atoms with Crippen molar-refractivity contribution < 1.29 is 4.74 Å². The van der Waals surface area contributed by atoms with Crippen LogP contribution in [0.4, 0.5) is 5.82 Å². The fraction of sp³-hybridized carbons (Fsp3) is 0.583. The second-order valence-electron chi connectivity index (χ2n) is 4.35. The Bertz CT molecular complexity index is 508. The molecule has 0 unspecified atom stereocenters. The molecule has 0 N–H and O–H groups in total. The van der Waals surface area contributed by atoms with Crippen LogP contribution in [0.1, 0.15) is 19.5 Å². The number of ether oxygens (including phenoxy) is 1. The number of halogens is 1. The molecule has 2 heterocycles. The summed E-state index contributed by atoms with van der Waals surface area (Å²) in [7, 11) is 1.71. The molecule has 0 atom stereocenters.